The first kappa shape index (κ1) is 27.0. The molecule has 2 aliphatic rings. The number of amides is 3. The van der Waals surface area contributed by atoms with E-state index < -0.39 is 12.2 Å². The van der Waals surface area contributed by atoms with Gasteiger partial charge in [0.2, 0.25) is 5.91 Å². The van der Waals surface area contributed by atoms with Crippen LogP contribution in [0.25, 0.3) is 0 Å². The molecule has 0 spiro atoms. The molecule has 8 nitrogen and oxygen atoms in total. The number of hydrogen-bond acceptors (Lipinski definition) is 5. The summed E-state index contributed by atoms with van der Waals surface area (Å²) < 4.78 is 11.8. The van der Waals surface area contributed by atoms with Crippen LogP contribution in [-0.4, -0.2) is 66.1 Å². The van der Waals surface area contributed by atoms with E-state index in [1.165, 1.54) is 0 Å². The fraction of sp³-hybridized carbons (Fsp3) is 0.440. The van der Waals surface area contributed by atoms with Crippen LogP contribution < -0.4 is 10.6 Å². The molecule has 2 aromatic rings. The third-order valence-corrected chi connectivity index (χ3v) is 7.22. The lowest BCUT2D eigenvalue weighted by Gasteiger charge is -2.44. The fourth-order valence-electron chi connectivity index (χ4n) is 4.43. The highest BCUT2D eigenvalue weighted by Crippen LogP contribution is 2.29. The SMILES string of the molecule is O=C(C[C@H]1CC[C@@H]2[C@H](COC[C@@H](O)CN2C(=O)Nc2ccc(Cl)c(Cl)c2)O1)NCc1ccc(Cl)cc1. The summed E-state index contributed by atoms with van der Waals surface area (Å²) >= 11 is 17.9. The van der Waals surface area contributed by atoms with Crippen molar-refractivity contribution < 1.29 is 24.2 Å². The second kappa shape index (κ2) is 12.4. The molecule has 0 aliphatic carbocycles. The van der Waals surface area contributed by atoms with E-state index in [2.05, 4.69) is 10.6 Å². The number of fused-ring (bicyclic) bond motifs is 1. The Morgan fingerprint density at radius 1 is 1.03 bits per heavy atom. The number of carbonyl (C=O) groups is 2. The number of benzene rings is 2. The smallest absolute Gasteiger partial charge is 0.322 e. The van der Waals surface area contributed by atoms with Crippen LogP contribution in [-0.2, 0) is 20.8 Å². The van der Waals surface area contributed by atoms with E-state index in [0.717, 1.165) is 5.56 Å². The van der Waals surface area contributed by atoms with Crippen LogP contribution >= 0.6 is 34.8 Å². The second-order valence-electron chi connectivity index (χ2n) is 8.95. The number of halogens is 3. The van der Waals surface area contributed by atoms with Crippen LogP contribution in [0, 0.1) is 0 Å². The molecular weight excluding hydrogens is 529 g/mol. The number of nitrogens with one attached hydrogen (secondary N) is 2. The molecule has 3 N–H and O–H groups in total. The first-order chi connectivity index (χ1) is 17.3. The standard InChI is InChI=1S/C25H28Cl3N3O5/c26-16-3-1-15(2-4-16)11-29-24(33)10-19-6-8-22-23(36-19)14-35-13-18(32)12-31(22)25(34)30-17-5-7-20(27)21(28)9-17/h1-5,7,9,18-19,22-23,32H,6,8,10-14H2,(H,29,33)(H,30,34)/t18-,19+,22+,23-/m0/s1. The van der Waals surface area contributed by atoms with Crippen LogP contribution in [0.2, 0.25) is 15.1 Å². The molecule has 0 unspecified atom stereocenters. The first-order valence-corrected chi connectivity index (χ1v) is 12.9. The number of aliphatic hydroxyl groups excluding tert-OH is 1. The zero-order valence-electron chi connectivity index (χ0n) is 19.5. The number of anilines is 1. The summed E-state index contributed by atoms with van der Waals surface area (Å²) in [5.41, 5.74) is 1.44. The highest BCUT2D eigenvalue weighted by atomic mass is 35.5. The minimum atomic E-state index is -0.832. The summed E-state index contributed by atoms with van der Waals surface area (Å²) in [7, 11) is 0. The Hall–Kier alpha value is -2.07. The van der Waals surface area contributed by atoms with E-state index in [9.17, 15) is 14.7 Å². The Labute approximate surface area is 224 Å². The van der Waals surface area contributed by atoms with Gasteiger partial charge < -0.3 is 30.1 Å². The molecule has 0 aromatic heterocycles. The van der Waals surface area contributed by atoms with Crippen molar-refractivity contribution >= 4 is 52.4 Å². The van der Waals surface area contributed by atoms with Gasteiger partial charge in [0, 0.05) is 17.3 Å². The van der Waals surface area contributed by atoms with Gasteiger partial charge >= 0.3 is 6.03 Å². The predicted octanol–water partition coefficient (Wildman–Crippen LogP) is 4.49. The number of aliphatic hydroxyl groups is 1. The number of carbonyl (C=O) groups excluding carboxylic acids is 2. The van der Waals surface area contributed by atoms with Crippen LogP contribution in [0.3, 0.4) is 0 Å². The fourth-order valence-corrected chi connectivity index (χ4v) is 4.85. The van der Waals surface area contributed by atoms with E-state index in [1.807, 2.05) is 12.1 Å². The van der Waals surface area contributed by atoms with E-state index >= 15 is 0 Å². The monoisotopic (exact) mass is 555 g/mol. The van der Waals surface area contributed by atoms with Gasteiger partial charge in [-0.05, 0) is 48.7 Å². The van der Waals surface area contributed by atoms with Gasteiger partial charge in [-0.3, -0.25) is 4.79 Å². The average molecular weight is 557 g/mol. The first-order valence-electron chi connectivity index (χ1n) is 11.7. The van der Waals surface area contributed by atoms with Crippen LogP contribution in [0.4, 0.5) is 10.5 Å². The molecule has 4 atom stereocenters. The topological polar surface area (TPSA) is 100 Å². The maximum atomic E-state index is 13.2. The molecule has 11 heteroatoms. The molecule has 0 bridgehead atoms. The molecule has 0 saturated carbocycles. The van der Waals surface area contributed by atoms with E-state index in [-0.39, 0.29) is 50.3 Å². The van der Waals surface area contributed by atoms with E-state index in [4.69, 9.17) is 44.3 Å². The average Bonchev–Trinajstić information content (AvgIpc) is 2.84. The van der Waals surface area contributed by atoms with E-state index in [0.29, 0.717) is 40.1 Å². The largest absolute Gasteiger partial charge is 0.389 e. The third-order valence-electron chi connectivity index (χ3n) is 6.23. The Kier molecular flexibility index (Phi) is 9.33. The van der Waals surface area contributed by atoms with Gasteiger partial charge in [-0.15, -0.1) is 0 Å². The third kappa shape index (κ3) is 7.25. The summed E-state index contributed by atoms with van der Waals surface area (Å²) in [6, 6.07) is 11.4. The maximum absolute atomic E-state index is 13.2. The molecule has 3 amide bonds. The zero-order chi connectivity index (χ0) is 25.7. The molecule has 36 heavy (non-hydrogen) atoms. The van der Waals surface area contributed by atoms with Crippen molar-refractivity contribution in [2.24, 2.45) is 0 Å². The Balaban J connectivity index is 1.36. The number of β-amino-alcohol motifs (C(OH)–C–C–N with tert-alkyl or cyclic N) is 1. The van der Waals surface area contributed by atoms with Gasteiger partial charge in [0.1, 0.15) is 6.10 Å². The van der Waals surface area contributed by atoms with Gasteiger partial charge in [0.05, 0.1) is 54.5 Å². The van der Waals surface area contributed by atoms with Crippen molar-refractivity contribution in [1.82, 2.24) is 10.2 Å². The van der Waals surface area contributed by atoms with Crippen LogP contribution in [0.1, 0.15) is 24.8 Å². The Morgan fingerprint density at radius 3 is 2.56 bits per heavy atom. The number of rotatable bonds is 5. The summed E-state index contributed by atoms with van der Waals surface area (Å²) in [5, 5.41) is 17.4. The molecule has 2 heterocycles. The zero-order valence-corrected chi connectivity index (χ0v) is 21.7. The Morgan fingerprint density at radius 2 is 1.81 bits per heavy atom. The van der Waals surface area contributed by atoms with E-state index in [1.54, 1.807) is 35.2 Å². The molecule has 2 aliphatic heterocycles. The summed E-state index contributed by atoms with van der Waals surface area (Å²) in [6.07, 6.45) is -0.173. The lowest BCUT2D eigenvalue weighted by molar-refractivity contribution is -0.149. The Bertz CT molecular complexity index is 1070. The quantitative estimate of drug-likeness (QED) is 0.504. The van der Waals surface area contributed by atoms with Crippen molar-refractivity contribution in [2.45, 2.75) is 50.2 Å². The maximum Gasteiger partial charge on any atom is 0.322 e. The minimum Gasteiger partial charge on any atom is -0.389 e. The van der Waals surface area contributed by atoms with Crippen molar-refractivity contribution in [3.8, 4) is 0 Å². The highest BCUT2D eigenvalue weighted by Gasteiger charge is 2.40. The molecule has 2 saturated heterocycles. The number of ether oxygens (including phenoxy) is 2. The molecule has 194 valence electrons. The molecule has 0 radical (unpaired) electrons. The summed E-state index contributed by atoms with van der Waals surface area (Å²) in [4.78, 5) is 27.3. The van der Waals surface area contributed by atoms with Gasteiger partial charge in [-0.25, -0.2) is 4.79 Å². The molecule has 4 rings (SSSR count). The second-order valence-corrected chi connectivity index (χ2v) is 10.2. The number of hydrogen-bond donors (Lipinski definition) is 3. The molecule has 2 aromatic carbocycles. The summed E-state index contributed by atoms with van der Waals surface area (Å²) in [6.45, 7) is 0.777. The van der Waals surface area contributed by atoms with Gasteiger partial charge in [-0.2, -0.15) is 0 Å². The minimum absolute atomic E-state index is 0.0787. The lowest BCUT2D eigenvalue weighted by Crippen LogP contribution is -2.58. The van der Waals surface area contributed by atoms with Crippen molar-refractivity contribution in [3.05, 3.63) is 63.1 Å². The number of nitrogens with zero attached hydrogens (tertiary/aromatic N) is 1. The van der Waals surface area contributed by atoms with Crippen LogP contribution in [0.5, 0.6) is 0 Å². The lowest BCUT2D eigenvalue weighted by atomic mass is 9.95. The van der Waals surface area contributed by atoms with Crippen molar-refractivity contribution in [2.75, 3.05) is 25.1 Å². The van der Waals surface area contributed by atoms with Crippen LogP contribution in [0.15, 0.2) is 42.5 Å². The normalized spacial score (nSPS) is 24.3. The van der Waals surface area contributed by atoms with Gasteiger partial charge in [0.15, 0.2) is 0 Å². The van der Waals surface area contributed by atoms with Gasteiger partial charge in [0.25, 0.3) is 0 Å². The number of urea groups is 1. The highest BCUT2D eigenvalue weighted by molar-refractivity contribution is 6.42. The van der Waals surface area contributed by atoms with Crippen molar-refractivity contribution in [1.29, 1.82) is 0 Å². The van der Waals surface area contributed by atoms with Gasteiger partial charge in [-0.1, -0.05) is 46.9 Å². The van der Waals surface area contributed by atoms with Crippen molar-refractivity contribution in [3.63, 3.8) is 0 Å². The molecule has 2 fully saturated rings. The predicted molar refractivity (Wildman–Crippen MR) is 139 cm³/mol. The summed E-state index contributed by atoms with van der Waals surface area (Å²) in [5.74, 6) is -0.121. The molecular formula is C25H28Cl3N3O5.